The van der Waals surface area contributed by atoms with Crippen LogP contribution in [0.25, 0.3) is 0 Å². The van der Waals surface area contributed by atoms with Gasteiger partial charge in [-0.05, 0) is 48.6 Å². The predicted octanol–water partition coefficient (Wildman–Crippen LogP) is 3.50. The molecular formula is C21H25NO3. The Morgan fingerprint density at radius 3 is 2.56 bits per heavy atom. The molecule has 2 aromatic carbocycles. The summed E-state index contributed by atoms with van der Waals surface area (Å²) in [5.41, 5.74) is 1.73. The van der Waals surface area contributed by atoms with Gasteiger partial charge in [0.2, 0.25) is 0 Å². The van der Waals surface area contributed by atoms with Crippen molar-refractivity contribution in [1.29, 1.82) is 0 Å². The van der Waals surface area contributed by atoms with Crippen LogP contribution in [-0.2, 0) is 6.61 Å². The molecule has 1 amide bonds. The first-order valence-electron chi connectivity index (χ1n) is 8.93. The van der Waals surface area contributed by atoms with Crippen LogP contribution < -0.4 is 4.74 Å². The Bertz CT molecular complexity index is 669. The van der Waals surface area contributed by atoms with Gasteiger partial charge in [0, 0.05) is 25.3 Å². The number of nitrogens with zero attached hydrogens (tertiary/aromatic N) is 1. The van der Waals surface area contributed by atoms with Crippen molar-refractivity contribution in [2.45, 2.75) is 25.9 Å². The normalized spacial score (nSPS) is 17.8. The summed E-state index contributed by atoms with van der Waals surface area (Å²) < 4.78 is 5.73. The average Bonchev–Trinajstić information content (AvgIpc) is 2.93. The molecular weight excluding hydrogens is 314 g/mol. The zero-order chi connectivity index (χ0) is 17.5. The standard InChI is InChI=1S/C21H25NO3/c23-15-18-6-4-5-13-22(14-18)21(24)19-11-9-17(10-12-19)16-25-20-7-2-1-3-8-20/h1-3,7-12,18,23H,4-6,13-16H2. The molecule has 0 aromatic heterocycles. The molecule has 0 aliphatic carbocycles. The van der Waals surface area contributed by atoms with Crippen molar-refractivity contribution in [2.75, 3.05) is 19.7 Å². The summed E-state index contributed by atoms with van der Waals surface area (Å²) in [4.78, 5) is 14.6. The van der Waals surface area contributed by atoms with E-state index in [2.05, 4.69) is 0 Å². The molecule has 0 radical (unpaired) electrons. The van der Waals surface area contributed by atoms with Crippen molar-refractivity contribution >= 4 is 5.91 Å². The van der Waals surface area contributed by atoms with Crippen LogP contribution in [0.4, 0.5) is 0 Å². The second-order valence-electron chi connectivity index (χ2n) is 6.59. The number of para-hydroxylation sites is 1. The molecule has 4 heteroatoms. The lowest BCUT2D eigenvalue weighted by atomic mass is 10.0. The smallest absolute Gasteiger partial charge is 0.253 e. The molecule has 25 heavy (non-hydrogen) atoms. The van der Waals surface area contributed by atoms with Crippen LogP contribution in [0.15, 0.2) is 54.6 Å². The number of carbonyl (C=O) groups is 1. The number of hydrogen-bond acceptors (Lipinski definition) is 3. The van der Waals surface area contributed by atoms with E-state index in [1.54, 1.807) is 0 Å². The highest BCUT2D eigenvalue weighted by Crippen LogP contribution is 2.19. The average molecular weight is 339 g/mol. The highest BCUT2D eigenvalue weighted by Gasteiger charge is 2.22. The van der Waals surface area contributed by atoms with E-state index in [1.807, 2.05) is 59.5 Å². The van der Waals surface area contributed by atoms with Crippen LogP contribution in [0, 0.1) is 5.92 Å². The third-order valence-corrected chi connectivity index (χ3v) is 4.66. The van der Waals surface area contributed by atoms with Gasteiger partial charge in [0.25, 0.3) is 5.91 Å². The molecule has 4 nitrogen and oxygen atoms in total. The summed E-state index contributed by atoms with van der Waals surface area (Å²) >= 11 is 0. The maximum absolute atomic E-state index is 12.7. The summed E-state index contributed by atoms with van der Waals surface area (Å²) in [5.74, 6) is 1.09. The monoisotopic (exact) mass is 339 g/mol. The minimum atomic E-state index is 0.0517. The van der Waals surface area contributed by atoms with Crippen molar-refractivity contribution < 1.29 is 14.6 Å². The number of aliphatic hydroxyl groups is 1. The Labute approximate surface area is 149 Å². The van der Waals surface area contributed by atoms with E-state index in [9.17, 15) is 9.90 Å². The van der Waals surface area contributed by atoms with Gasteiger partial charge in [-0.2, -0.15) is 0 Å². The Kier molecular flexibility index (Phi) is 6.07. The number of aliphatic hydroxyl groups excluding tert-OH is 1. The Balaban J connectivity index is 1.60. The van der Waals surface area contributed by atoms with Crippen molar-refractivity contribution in [3.05, 3.63) is 65.7 Å². The molecule has 1 fully saturated rings. The third-order valence-electron chi connectivity index (χ3n) is 4.66. The molecule has 1 saturated heterocycles. The van der Waals surface area contributed by atoms with Gasteiger partial charge in [-0.25, -0.2) is 0 Å². The summed E-state index contributed by atoms with van der Waals surface area (Å²) in [6, 6.07) is 17.3. The summed E-state index contributed by atoms with van der Waals surface area (Å²) in [6.07, 6.45) is 3.08. The van der Waals surface area contributed by atoms with Crippen LogP contribution in [0.5, 0.6) is 5.75 Å². The van der Waals surface area contributed by atoms with Gasteiger partial charge in [-0.3, -0.25) is 4.79 Å². The van der Waals surface area contributed by atoms with Crippen LogP contribution >= 0.6 is 0 Å². The number of ether oxygens (including phenoxy) is 1. The van der Waals surface area contributed by atoms with Crippen molar-refractivity contribution in [2.24, 2.45) is 5.92 Å². The van der Waals surface area contributed by atoms with E-state index in [0.29, 0.717) is 18.7 Å². The summed E-state index contributed by atoms with van der Waals surface area (Å²) in [7, 11) is 0. The lowest BCUT2D eigenvalue weighted by Gasteiger charge is -2.23. The molecule has 1 N–H and O–H groups in total. The topological polar surface area (TPSA) is 49.8 Å². The maximum Gasteiger partial charge on any atom is 0.253 e. The highest BCUT2D eigenvalue weighted by molar-refractivity contribution is 5.94. The van der Waals surface area contributed by atoms with Gasteiger partial charge in [-0.15, -0.1) is 0 Å². The minimum Gasteiger partial charge on any atom is -0.489 e. The first-order valence-corrected chi connectivity index (χ1v) is 8.93. The second kappa shape index (κ2) is 8.67. The first-order chi connectivity index (χ1) is 12.3. The summed E-state index contributed by atoms with van der Waals surface area (Å²) in [5, 5.41) is 9.42. The molecule has 132 valence electrons. The molecule has 1 unspecified atom stereocenters. The molecule has 0 saturated carbocycles. The minimum absolute atomic E-state index is 0.0517. The fourth-order valence-electron chi connectivity index (χ4n) is 3.17. The fourth-order valence-corrected chi connectivity index (χ4v) is 3.17. The number of amides is 1. The lowest BCUT2D eigenvalue weighted by molar-refractivity contribution is 0.0720. The van der Waals surface area contributed by atoms with Crippen molar-refractivity contribution in [3.63, 3.8) is 0 Å². The fraction of sp³-hybridized carbons (Fsp3) is 0.381. The number of carbonyl (C=O) groups excluding carboxylic acids is 1. The van der Waals surface area contributed by atoms with Gasteiger partial charge < -0.3 is 14.7 Å². The molecule has 3 rings (SSSR count). The second-order valence-corrected chi connectivity index (χ2v) is 6.59. The van der Waals surface area contributed by atoms with E-state index in [-0.39, 0.29) is 18.4 Å². The van der Waals surface area contributed by atoms with Gasteiger partial charge in [-0.1, -0.05) is 36.8 Å². The van der Waals surface area contributed by atoms with Crippen LogP contribution in [0.1, 0.15) is 35.2 Å². The van der Waals surface area contributed by atoms with Crippen LogP contribution in [-0.4, -0.2) is 35.6 Å². The molecule has 1 aliphatic heterocycles. The quantitative estimate of drug-likeness (QED) is 0.907. The van der Waals surface area contributed by atoms with E-state index in [4.69, 9.17) is 4.74 Å². The Morgan fingerprint density at radius 1 is 1.08 bits per heavy atom. The van der Waals surface area contributed by atoms with Gasteiger partial charge in [0.15, 0.2) is 0 Å². The maximum atomic E-state index is 12.7. The Hall–Kier alpha value is -2.33. The van der Waals surface area contributed by atoms with E-state index in [0.717, 1.165) is 37.1 Å². The lowest BCUT2D eigenvalue weighted by Crippen LogP contribution is -2.35. The van der Waals surface area contributed by atoms with E-state index < -0.39 is 0 Å². The van der Waals surface area contributed by atoms with E-state index >= 15 is 0 Å². The molecule has 1 aliphatic rings. The molecule has 0 spiro atoms. The van der Waals surface area contributed by atoms with E-state index in [1.165, 1.54) is 0 Å². The number of benzene rings is 2. The number of rotatable bonds is 5. The molecule has 1 atom stereocenters. The number of hydrogen-bond donors (Lipinski definition) is 1. The molecule has 2 aromatic rings. The summed E-state index contributed by atoms with van der Waals surface area (Å²) in [6.45, 7) is 2.05. The highest BCUT2D eigenvalue weighted by atomic mass is 16.5. The number of likely N-dealkylation sites (tertiary alicyclic amines) is 1. The predicted molar refractivity (Wildman–Crippen MR) is 97.5 cm³/mol. The zero-order valence-corrected chi connectivity index (χ0v) is 14.4. The SMILES string of the molecule is O=C(c1ccc(COc2ccccc2)cc1)N1CCCCC(CO)C1. The molecule has 1 heterocycles. The van der Waals surface area contributed by atoms with Crippen molar-refractivity contribution in [1.82, 2.24) is 4.90 Å². The van der Waals surface area contributed by atoms with Gasteiger partial charge in [0.05, 0.1) is 0 Å². The van der Waals surface area contributed by atoms with Crippen molar-refractivity contribution in [3.8, 4) is 5.75 Å². The Morgan fingerprint density at radius 2 is 1.84 bits per heavy atom. The van der Waals surface area contributed by atoms with Gasteiger partial charge >= 0.3 is 0 Å². The van der Waals surface area contributed by atoms with Crippen LogP contribution in [0.2, 0.25) is 0 Å². The largest absolute Gasteiger partial charge is 0.489 e. The first kappa shape index (κ1) is 17.5. The zero-order valence-electron chi connectivity index (χ0n) is 14.4. The third kappa shape index (κ3) is 4.83. The van der Waals surface area contributed by atoms with Crippen LogP contribution in [0.3, 0.4) is 0 Å². The van der Waals surface area contributed by atoms with Gasteiger partial charge in [0.1, 0.15) is 12.4 Å². The molecule has 0 bridgehead atoms.